The van der Waals surface area contributed by atoms with Crippen LogP contribution in [0.2, 0.25) is 0 Å². The summed E-state index contributed by atoms with van der Waals surface area (Å²) in [6.45, 7) is 12.0. The van der Waals surface area contributed by atoms with Crippen molar-refractivity contribution in [3.63, 3.8) is 0 Å². The Hall–Kier alpha value is -0.510. The fourth-order valence-electron chi connectivity index (χ4n) is 3.02. The first-order valence-corrected chi connectivity index (χ1v) is 8.06. The molecule has 2 N–H and O–H groups in total. The maximum absolute atomic E-state index is 6.08. The van der Waals surface area contributed by atoms with Gasteiger partial charge in [-0.15, -0.1) is 0 Å². The molecule has 0 aromatic heterocycles. The van der Waals surface area contributed by atoms with E-state index in [1.54, 1.807) is 0 Å². The molecule has 2 nitrogen and oxygen atoms in total. The molecule has 1 aliphatic rings. The first-order valence-electron chi connectivity index (χ1n) is 7.07. The van der Waals surface area contributed by atoms with Gasteiger partial charge in [0.2, 0.25) is 0 Å². The summed E-state index contributed by atoms with van der Waals surface area (Å²) in [5.41, 5.74) is 10.1. The first-order chi connectivity index (χ1) is 8.91. The number of rotatable bonds is 3. The van der Waals surface area contributed by atoms with E-state index in [4.69, 9.17) is 5.73 Å². The molecule has 2 rings (SSSR count). The zero-order chi connectivity index (χ0) is 14.0. The van der Waals surface area contributed by atoms with Crippen LogP contribution in [-0.4, -0.2) is 35.0 Å². The lowest BCUT2D eigenvalue weighted by Gasteiger charge is -2.41. The van der Waals surface area contributed by atoms with Crippen molar-refractivity contribution in [3.05, 3.63) is 34.9 Å². The van der Waals surface area contributed by atoms with E-state index in [1.165, 1.54) is 22.4 Å². The molecule has 1 aromatic rings. The Morgan fingerprint density at radius 1 is 1.26 bits per heavy atom. The van der Waals surface area contributed by atoms with Crippen molar-refractivity contribution in [2.45, 2.75) is 38.5 Å². The van der Waals surface area contributed by atoms with Gasteiger partial charge in [-0.3, -0.25) is 4.90 Å². The molecule has 0 amide bonds. The minimum Gasteiger partial charge on any atom is -0.329 e. The first kappa shape index (κ1) is 14.9. The van der Waals surface area contributed by atoms with Crippen molar-refractivity contribution < 1.29 is 0 Å². The molecule has 3 heteroatoms. The quantitative estimate of drug-likeness (QED) is 0.921. The highest BCUT2D eigenvalue weighted by atomic mass is 32.2. The molecule has 0 radical (unpaired) electrons. The Labute approximate surface area is 121 Å². The molecule has 0 saturated carbocycles. The van der Waals surface area contributed by atoms with Gasteiger partial charge >= 0.3 is 0 Å². The Morgan fingerprint density at radius 2 is 1.89 bits per heavy atom. The molecule has 1 heterocycles. The van der Waals surface area contributed by atoms with Crippen LogP contribution in [0.3, 0.4) is 0 Å². The zero-order valence-electron chi connectivity index (χ0n) is 12.6. The van der Waals surface area contributed by atoms with E-state index in [-0.39, 0.29) is 0 Å². The van der Waals surface area contributed by atoms with E-state index in [9.17, 15) is 0 Å². The molecule has 0 bridgehead atoms. The molecule has 19 heavy (non-hydrogen) atoms. The van der Waals surface area contributed by atoms with Gasteiger partial charge in [-0.1, -0.05) is 29.3 Å². The molecule has 0 aliphatic carbocycles. The normalized spacial score (nSPS) is 21.3. The number of benzene rings is 1. The predicted molar refractivity (Wildman–Crippen MR) is 85.8 cm³/mol. The molecule has 0 spiro atoms. The van der Waals surface area contributed by atoms with Crippen LogP contribution in [0.5, 0.6) is 0 Å². The minimum absolute atomic E-state index is 0.338. The Kier molecular flexibility index (Phi) is 4.59. The van der Waals surface area contributed by atoms with E-state index in [0.29, 0.717) is 17.3 Å². The summed E-state index contributed by atoms with van der Waals surface area (Å²) in [4.78, 5) is 2.56. The number of hydrogen-bond acceptors (Lipinski definition) is 3. The van der Waals surface area contributed by atoms with E-state index >= 15 is 0 Å². The fourth-order valence-corrected chi connectivity index (χ4v) is 4.15. The summed E-state index contributed by atoms with van der Waals surface area (Å²) < 4.78 is 0.338. The maximum Gasteiger partial charge on any atom is 0.0471 e. The van der Waals surface area contributed by atoms with Crippen molar-refractivity contribution in [2.24, 2.45) is 5.73 Å². The third kappa shape index (κ3) is 3.74. The molecule has 1 atom stereocenters. The average molecular weight is 278 g/mol. The van der Waals surface area contributed by atoms with Gasteiger partial charge in [0.25, 0.3) is 0 Å². The van der Waals surface area contributed by atoms with Gasteiger partial charge in [0, 0.05) is 36.2 Å². The van der Waals surface area contributed by atoms with E-state index in [2.05, 4.69) is 62.6 Å². The van der Waals surface area contributed by atoms with Crippen molar-refractivity contribution in [3.8, 4) is 0 Å². The number of hydrogen-bond donors (Lipinski definition) is 1. The van der Waals surface area contributed by atoms with Crippen molar-refractivity contribution >= 4 is 11.8 Å². The predicted octanol–water partition coefficient (Wildman–Crippen LogP) is 3.13. The molecule has 1 fully saturated rings. The Morgan fingerprint density at radius 3 is 2.42 bits per heavy atom. The zero-order valence-corrected chi connectivity index (χ0v) is 13.4. The number of aryl methyl sites for hydroxylation is 2. The second-order valence-corrected chi connectivity index (χ2v) is 8.05. The van der Waals surface area contributed by atoms with Crippen LogP contribution in [0.25, 0.3) is 0 Å². The number of thioether (sulfide) groups is 1. The van der Waals surface area contributed by atoms with Gasteiger partial charge in [-0.2, -0.15) is 11.8 Å². The summed E-state index contributed by atoms with van der Waals surface area (Å²) in [6, 6.07) is 7.17. The topological polar surface area (TPSA) is 29.3 Å². The third-order valence-corrected chi connectivity index (χ3v) is 5.05. The summed E-state index contributed by atoms with van der Waals surface area (Å²) in [5, 5.41) is 0. The van der Waals surface area contributed by atoms with Gasteiger partial charge in [-0.05, 0) is 33.3 Å². The van der Waals surface area contributed by atoms with Crippen LogP contribution >= 0.6 is 11.8 Å². The largest absolute Gasteiger partial charge is 0.329 e. The Balaban J connectivity index is 2.23. The number of nitrogens with two attached hydrogens (primary N) is 1. The lowest BCUT2D eigenvalue weighted by Crippen LogP contribution is -2.46. The summed E-state index contributed by atoms with van der Waals surface area (Å²) in [6.07, 6.45) is 0. The van der Waals surface area contributed by atoms with Crippen molar-refractivity contribution in [1.82, 2.24) is 4.90 Å². The molecular weight excluding hydrogens is 252 g/mol. The van der Waals surface area contributed by atoms with E-state index in [0.717, 1.165) is 13.1 Å². The van der Waals surface area contributed by atoms with E-state index in [1.807, 2.05) is 0 Å². The molecule has 106 valence electrons. The molecule has 1 aromatic carbocycles. The monoisotopic (exact) mass is 278 g/mol. The van der Waals surface area contributed by atoms with Gasteiger partial charge in [0.1, 0.15) is 0 Å². The highest BCUT2D eigenvalue weighted by Crippen LogP contribution is 2.34. The molecule has 1 unspecified atom stereocenters. The van der Waals surface area contributed by atoms with Crippen LogP contribution in [0.15, 0.2) is 18.2 Å². The van der Waals surface area contributed by atoms with Gasteiger partial charge in [0.05, 0.1) is 0 Å². The second-order valence-electron chi connectivity index (χ2n) is 6.25. The Bertz CT molecular complexity index is 422. The smallest absolute Gasteiger partial charge is 0.0471 e. The maximum atomic E-state index is 6.08. The van der Waals surface area contributed by atoms with Gasteiger partial charge < -0.3 is 5.73 Å². The van der Waals surface area contributed by atoms with Crippen LogP contribution < -0.4 is 5.73 Å². The molecular formula is C16H26N2S. The highest BCUT2D eigenvalue weighted by molar-refractivity contribution is 8.00. The van der Waals surface area contributed by atoms with Crippen LogP contribution in [0.4, 0.5) is 0 Å². The van der Waals surface area contributed by atoms with Gasteiger partial charge in [0.15, 0.2) is 0 Å². The summed E-state index contributed by atoms with van der Waals surface area (Å²) >= 11 is 2.07. The minimum atomic E-state index is 0.338. The average Bonchev–Trinajstić information content (AvgIpc) is 2.27. The standard InChI is InChI=1S/C16H26N2S/c1-12-7-13(2)9-14(8-12)15(10-17)18-5-6-19-16(3,4)11-18/h7-9,15H,5-6,10-11,17H2,1-4H3. The van der Waals surface area contributed by atoms with Crippen LogP contribution in [0, 0.1) is 13.8 Å². The van der Waals surface area contributed by atoms with Crippen LogP contribution in [0.1, 0.15) is 36.6 Å². The third-order valence-electron chi connectivity index (χ3n) is 3.75. The number of nitrogens with zero attached hydrogens (tertiary/aromatic N) is 1. The lowest BCUT2D eigenvalue weighted by atomic mass is 9.99. The van der Waals surface area contributed by atoms with Crippen molar-refractivity contribution in [2.75, 3.05) is 25.4 Å². The highest BCUT2D eigenvalue weighted by Gasteiger charge is 2.31. The SMILES string of the molecule is Cc1cc(C)cc(C(CN)N2CCSC(C)(C)C2)c1. The fraction of sp³-hybridized carbons (Fsp3) is 0.625. The lowest BCUT2D eigenvalue weighted by molar-refractivity contribution is 0.192. The molecule has 1 aliphatic heterocycles. The second kappa shape index (κ2) is 5.86. The van der Waals surface area contributed by atoms with Crippen molar-refractivity contribution in [1.29, 1.82) is 0 Å². The van der Waals surface area contributed by atoms with E-state index < -0.39 is 0 Å². The summed E-state index contributed by atoms with van der Waals surface area (Å²) in [7, 11) is 0. The molecule has 1 saturated heterocycles. The van der Waals surface area contributed by atoms with Crippen LogP contribution in [-0.2, 0) is 0 Å². The summed E-state index contributed by atoms with van der Waals surface area (Å²) in [5.74, 6) is 1.20. The van der Waals surface area contributed by atoms with Gasteiger partial charge in [-0.25, -0.2) is 0 Å².